The number of nitrogens with zero attached hydrogens (tertiary/aromatic N) is 1. The third-order valence-electron chi connectivity index (χ3n) is 1.16. The van der Waals surface area contributed by atoms with Gasteiger partial charge in [0.25, 0.3) is 0 Å². The molecule has 0 bridgehead atoms. The smallest absolute Gasteiger partial charge is 0.179 e. The van der Waals surface area contributed by atoms with Crippen LogP contribution in [0.25, 0.3) is 0 Å². The lowest BCUT2D eigenvalue weighted by Gasteiger charge is -1.97. The van der Waals surface area contributed by atoms with Crippen LogP contribution in [0.2, 0.25) is 0 Å². The van der Waals surface area contributed by atoms with Crippen LogP contribution in [0, 0.1) is 3.57 Å². The summed E-state index contributed by atoms with van der Waals surface area (Å²) in [4.78, 5) is 14.6. The molecule has 0 atom stereocenters. The molecule has 1 heterocycles. The predicted molar refractivity (Wildman–Crippen MR) is 48.6 cm³/mol. The molecule has 4 heteroatoms. The quantitative estimate of drug-likeness (QED) is 0.618. The van der Waals surface area contributed by atoms with Crippen LogP contribution in [0.5, 0.6) is 5.75 Å². The SMILES string of the molecule is CC(=O)c1ncc(O)cc1I. The summed E-state index contributed by atoms with van der Waals surface area (Å²) in [5, 5.41) is 8.94. The molecule has 0 spiro atoms. The maximum absolute atomic E-state index is 10.8. The molecule has 0 saturated heterocycles. The highest BCUT2D eigenvalue weighted by molar-refractivity contribution is 14.1. The fourth-order valence-corrected chi connectivity index (χ4v) is 1.52. The molecule has 1 aromatic heterocycles. The lowest BCUT2D eigenvalue weighted by Crippen LogP contribution is -1.98. The summed E-state index contributed by atoms with van der Waals surface area (Å²) in [6.07, 6.45) is 1.26. The van der Waals surface area contributed by atoms with E-state index >= 15 is 0 Å². The molecule has 0 unspecified atom stereocenters. The molecule has 11 heavy (non-hydrogen) atoms. The fraction of sp³-hybridized carbons (Fsp3) is 0.143. The molecule has 0 amide bonds. The summed E-state index contributed by atoms with van der Waals surface area (Å²) in [6.45, 7) is 1.45. The molecule has 0 fully saturated rings. The Morgan fingerprint density at radius 2 is 2.36 bits per heavy atom. The molecule has 0 saturated carbocycles. The van der Waals surface area contributed by atoms with E-state index in [1.165, 1.54) is 19.2 Å². The molecule has 1 N–H and O–H groups in total. The van der Waals surface area contributed by atoms with Crippen LogP contribution in [0.1, 0.15) is 17.4 Å². The van der Waals surface area contributed by atoms with Gasteiger partial charge in [-0.15, -0.1) is 0 Å². The van der Waals surface area contributed by atoms with E-state index in [0.29, 0.717) is 9.26 Å². The van der Waals surface area contributed by atoms with E-state index in [0.717, 1.165) is 0 Å². The van der Waals surface area contributed by atoms with Crippen molar-refractivity contribution in [2.24, 2.45) is 0 Å². The number of carbonyl (C=O) groups excluding carboxylic acids is 1. The highest BCUT2D eigenvalue weighted by atomic mass is 127. The van der Waals surface area contributed by atoms with Crippen LogP contribution in [-0.4, -0.2) is 15.9 Å². The number of pyridine rings is 1. The maximum atomic E-state index is 10.8. The van der Waals surface area contributed by atoms with E-state index in [1.54, 1.807) is 0 Å². The molecule has 1 rings (SSSR count). The van der Waals surface area contributed by atoms with Gasteiger partial charge in [0.15, 0.2) is 5.78 Å². The van der Waals surface area contributed by atoms with Crippen molar-refractivity contribution in [3.05, 3.63) is 21.5 Å². The molecule has 3 nitrogen and oxygen atoms in total. The number of Topliss-reactive ketones (excluding diaryl/α,β-unsaturated/α-hetero) is 1. The number of aromatic hydroxyl groups is 1. The average Bonchev–Trinajstić information content (AvgIpc) is 1.85. The van der Waals surface area contributed by atoms with Gasteiger partial charge < -0.3 is 5.11 Å². The van der Waals surface area contributed by atoms with Gasteiger partial charge in [-0.3, -0.25) is 4.79 Å². The second kappa shape index (κ2) is 3.17. The molecular weight excluding hydrogens is 257 g/mol. The third-order valence-corrected chi connectivity index (χ3v) is 1.98. The Balaban J connectivity index is 3.20. The second-order valence-corrected chi connectivity index (χ2v) is 3.24. The van der Waals surface area contributed by atoms with Crippen molar-refractivity contribution in [3.8, 4) is 5.75 Å². The lowest BCUT2D eigenvalue weighted by atomic mass is 10.3. The summed E-state index contributed by atoms with van der Waals surface area (Å²) in [6, 6.07) is 1.50. The number of halogens is 1. The Bertz CT molecular complexity index is 298. The number of hydrogen-bond acceptors (Lipinski definition) is 3. The molecule has 0 aromatic carbocycles. The van der Waals surface area contributed by atoms with Crippen molar-refractivity contribution in [2.75, 3.05) is 0 Å². The number of ketones is 1. The molecule has 0 radical (unpaired) electrons. The first-order chi connectivity index (χ1) is 5.11. The number of rotatable bonds is 1. The van der Waals surface area contributed by atoms with Gasteiger partial charge in [0.2, 0.25) is 0 Å². The predicted octanol–water partition coefficient (Wildman–Crippen LogP) is 1.59. The first-order valence-corrected chi connectivity index (χ1v) is 4.04. The summed E-state index contributed by atoms with van der Waals surface area (Å²) in [7, 11) is 0. The Labute approximate surface area is 77.6 Å². The van der Waals surface area contributed by atoms with Gasteiger partial charge in [-0.1, -0.05) is 0 Å². The summed E-state index contributed by atoms with van der Waals surface area (Å²) < 4.78 is 0.676. The minimum absolute atomic E-state index is 0.0828. The largest absolute Gasteiger partial charge is 0.506 e. The van der Waals surface area contributed by atoms with Crippen LogP contribution in [0.3, 0.4) is 0 Å². The van der Waals surface area contributed by atoms with Gasteiger partial charge >= 0.3 is 0 Å². The molecular formula is C7H6INO2. The van der Waals surface area contributed by atoms with Gasteiger partial charge in [0, 0.05) is 10.5 Å². The summed E-state index contributed by atoms with van der Waals surface area (Å²) in [5.41, 5.74) is 0.406. The van der Waals surface area contributed by atoms with Crippen LogP contribution in [-0.2, 0) is 0 Å². The number of carbonyl (C=O) groups is 1. The first-order valence-electron chi connectivity index (χ1n) is 2.96. The molecule has 58 valence electrons. The molecule has 0 aliphatic carbocycles. The minimum Gasteiger partial charge on any atom is -0.506 e. The first kappa shape index (κ1) is 8.45. The maximum Gasteiger partial charge on any atom is 0.179 e. The van der Waals surface area contributed by atoms with Crippen molar-refractivity contribution in [1.29, 1.82) is 0 Å². The van der Waals surface area contributed by atoms with Crippen molar-refractivity contribution < 1.29 is 9.90 Å². The number of aromatic nitrogens is 1. The van der Waals surface area contributed by atoms with E-state index in [9.17, 15) is 4.79 Å². The van der Waals surface area contributed by atoms with Gasteiger partial charge in [0.1, 0.15) is 11.4 Å². The van der Waals surface area contributed by atoms with Gasteiger partial charge in [-0.05, 0) is 28.7 Å². The van der Waals surface area contributed by atoms with Crippen LogP contribution in [0.15, 0.2) is 12.3 Å². The summed E-state index contributed by atoms with van der Waals surface area (Å²) in [5.74, 6) is -0.00574. The summed E-state index contributed by atoms with van der Waals surface area (Å²) >= 11 is 1.96. The molecule has 1 aromatic rings. The lowest BCUT2D eigenvalue weighted by molar-refractivity contribution is 0.101. The minimum atomic E-state index is -0.0885. The van der Waals surface area contributed by atoms with Crippen molar-refractivity contribution in [3.63, 3.8) is 0 Å². The zero-order chi connectivity index (χ0) is 8.43. The Kier molecular flexibility index (Phi) is 2.43. The standard InChI is InChI=1S/C7H6INO2/c1-4(10)7-6(8)2-5(11)3-9-7/h2-3,11H,1H3. The van der Waals surface area contributed by atoms with Crippen LogP contribution in [0.4, 0.5) is 0 Å². The zero-order valence-corrected chi connectivity index (χ0v) is 7.99. The Morgan fingerprint density at radius 1 is 1.73 bits per heavy atom. The topological polar surface area (TPSA) is 50.2 Å². The van der Waals surface area contributed by atoms with Crippen LogP contribution >= 0.6 is 22.6 Å². The van der Waals surface area contributed by atoms with Gasteiger partial charge in [-0.25, -0.2) is 4.98 Å². The van der Waals surface area contributed by atoms with E-state index in [1.807, 2.05) is 22.6 Å². The Hall–Kier alpha value is -0.650. The monoisotopic (exact) mass is 263 g/mol. The van der Waals surface area contributed by atoms with E-state index in [4.69, 9.17) is 5.11 Å². The van der Waals surface area contributed by atoms with Crippen molar-refractivity contribution >= 4 is 28.4 Å². The highest BCUT2D eigenvalue weighted by Crippen LogP contribution is 2.15. The van der Waals surface area contributed by atoms with Crippen LogP contribution < -0.4 is 0 Å². The fourth-order valence-electron chi connectivity index (χ4n) is 0.687. The van der Waals surface area contributed by atoms with Crippen molar-refractivity contribution in [2.45, 2.75) is 6.92 Å². The normalized spacial score (nSPS) is 9.64. The van der Waals surface area contributed by atoms with Crippen molar-refractivity contribution in [1.82, 2.24) is 4.98 Å². The second-order valence-electron chi connectivity index (χ2n) is 2.08. The zero-order valence-electron chi connectivity index (χ0n) is 5.84. The number of hydrogen-bond donors (Lipinski definition) is 1. The Morgan fingerprint density at radius 3 is 2.82 bits per heavy atom. The molecule has 0 aliphatic rings. The van der Waals surface area contributed by atoms with Gasteiger partial charge in [-0.2, -0.15) is 0 Å². The van der Waals surface area contributed by atoms with Gasteiger partial charge in [0.05, 0.1) is 6.20 Å². The van der Waals surface area contributed by atoms with E-state index < -0.39 is 0 Å². The van der Waals surface area contributed by atoms with E-state index in [-0.39, 0.29) is 11.5 Å². The average molecular weight is 263 g/mol. The van der Waals surface area contributed by atoms with E-state index in [2.05, 4.69) is 4.98 Å². The highest BCUT2D eigenvalue weighted by Gasteiger charge is 2.06. The third kappa shape index (κ3) is 1.89. The molecule has 0 aliphatic heterocycles.